The fraction of sp³-hybridized carbons (Fsp3) is 0. The summed E-state index contributed by atoms with van der Waals surface area (Å²) >= 11 is 0. The Morgan fingerprint density at radius 1 is 0.562 bits per heavy atom. The minimum atomic E-state index is 0.906. The highest BCUT2D eigenvalue weighted by molar-refractivity contribution is 6.17. The molecule has 3 aromatic heterocycles. The van der Waals surface area contributed by atoms with Gasteiger partial charge in [0.15, 0.2) is 0 Å². The molecule has 0 bridgehead atoms. The number of pyridine rings is 1. The molecule has 0 aliphatic heterocycles. The molecule has 0 radical (unpaired) electrons. The van der Waals surface area contributed by atoms with Gasteiger partial charge in [-0.15, -0.1) is 0 Å². The molecule has 3 heteroatoms. The van der Waals surface area contributed by atoms with Crippen LogP contribution in [0.2, 0.25) is 0 Å². The lowest BCUT2D eigenvalue weighted by atomic mass is 10.1. The molecule has 0 atom stereocenters. The largest absolute Gasteiger partial charge is 0.456 e. The summed E-state index contributed by atoms with van der Waals surface area (Å²) in [4.78, 5) is 4.54. The van der Waals surface area contributed by atoms with Gasteiger partial charge in [0, 0.05) is 45.1 Å². The van der Waals surface area contributed by atoms with Gasteiger partial charge in [-0.05, 0) is 42.5 Å². The highest BCUT2D eigenvalue weighted by Crippen LogP contribution is 2.38. The Kier molecular flexibility index (Phi) is 3.55. The average molecular weight is 410 g/mol. The molecule has 0 fully saturated rings. The van der Waals surface area contributed by atoms with Gasteiger partial charge < -0.3 is 8.98 Å². The van der Waals surface area contributed by atoms with E-state index in [2.05, 4.69) is 82.3 Å². The van der Waals surface area contributed by atoms with E-state index in [1.165, 1.54) is 16.3 Å². The van der Waals surface area contributed by atoms with E-state index >= 15 is 0 Å². The van der Waals surface area contributed by atoms with E-state index in [1.54, 1.807) is 0 Å². The number of benzene rings is 4. The van der Waals surface area contributed by atoms with Crippen LogP contribution in [0.3, 0.4) is 0 Å². The minimum absolute atomic E-state index is 0.906. The quantitative estimate of drug-likeness (QED) is 0.292. The van der Waals surface area contributed by atoms with Gasteiger partial charge in [-0.3, -0.25) is 4.98 Å². The highest BCUT2D eigenvalue weighted by Gasteiger charge is 2.16. The van der Waals surface area contributed by atoms with E-state index in [9.17, 15) is 0 Å². The molecule has 0 saturated carbocycles. The number of nitrogens with zero attached hydrogens (tertiary/aromatic N) is 2. The molecule has 0 N–H and O–H groups in total. The second-order valence-corrected chi connectivity index (χ2v) is 8.08. The monoisotopic (exact) mass is 410 g/mol. The molecular weight excluding hydrogens is 392 g/mol. The van der Waals surface area contributed by atoms with Gasteiger partial charge in [-0.1, -0.05) is 54.6 Å². The van der Waals surface area contributed by atoms with Crippen molar-refractivity contribution in [1.29, 1.82) is 0 Å². The Morgan fingerprint density at radius 2 is 1.41 bits per heavy atom. The van der Waals surface area contributed by atoms with Crippen LogP contribution in [0.4, 0.5) is 0 Å². The number of para-hydroxylation sites is 2. The zero-order chi connectivity index (χ0) is 21.1. The summed E-state index contributed by atoms with van der Waals surface area (Å²) < 4.78 is 8.54. The third-order valence-electron chi connectivity index (χ3n) is 6.24. The first-order chi connectivity index (χ1) is 15.9. The van der Waals surface area contributed by atoms with E-state index in [0.29, 0.717) is 0 Å². The molecule has 150 valence electrons. The van der Waals surface area contributed by atoms with Crippen molar-refractivity contribution in [1.82, 2.24) is 9.55 Å². The number of fused-ring (bicyclic) bond motifs is 6. The molecule has 7 rings (SSSR count). The van der Waals surface area contributed by atoms with Gasteiger partial charge in [0.05, 0.1) is 16.7 Å². The highest BCUT2D eigenvalue weighted by atomic mass is 16.3. The molecule has 3 heterocycles. The summed E-state index contributed by atoms with van der Waals surface area (Å²) in [5, 5.41) is 4.76. The van der Waals surface area contributed by atoms with Crippen molar-refractivity contribution in [3.05, 3.63) is 109 Å². The standard InChI is InChI=1S/C29H18N2O/c1-3-13-26-21(10-1)23-17-24-22-11-2-4-14-28(22)32-29(24)18-27(23)31(26)20-9-7-8-19(16-20)25-12-5-6-15-30-25/h1-18H. The van der Waals surface area contributed by atoms with Crippen LogP contribution in [0, 0.1) is 0 Å². The minimum Gasteiger partial charge on any atom is -0.456 e. The van der Waals surface area contributed by atoms with Crippen molar-refractivity contribution in [2.24, 2.45) is 0 Å². The van der Waals surface area contributed by atoms with E-state index in [4.69, 9.17) is 4.42 Å². The zero-order valence-electron chi connectivity index (χ0n) is 17.2. The van der Waals surface area contributed by atoms with Crippen LogP contribution in [-0.2, 0) is 0 Å². The van der Waals surface area contributed by atoms with Crippen LogP contribution < -0.4 is 0 Å². The lowest BCUT2D eigenvalue weighted by molar-refractivity contribution is 0.669. The molecular formula is C29H18N2O. The third-order valence-corrected chi connectivity index (χ3v) is 6.24. The topological polar surface area (TPSA) is 31.0 Å². The van der Waals surface area contributed by atoms with Gasteiger partial charge in [-0.25, -0.2) is 0 Å². The molecule has 0 unspecified atom stereocenters. The maximum atomic E-state index is 6.22. The number of hydrogen-bond acceptors (Lipinski definition) is 2. The Balaban J connectivity index is 1.57. The Hall–Kier alpha value is -4.37. The second kappa shape index (κ2) is 6.56. The summed E-state index contributed by atoms with van der Waals surface area (Å²) in [6.45, 7) is 0. The number of rotatable bonds is 2. The molecule has 4 aromatic carbocycles. The van der Waals surface area contributed by atoms with Crippen molar-refractivity contribution < 1.29 is 4.42 Å². The van der Waals surface area contributed by atoms with Crippen LogP contribution in [0.25, 0.3) is 60.7 Å². The third kappa shape index (κ3) is 2.45. The first-order valence-electron chi connectivity index (χ1n) is 10.7. The zero-order valence-corrected chi connectivity index (χ0v) is 17.2. The molecule has 3 nitrogen and oxygen atoms in total. The molecule has 0 aliphatic rings. The molecule has 0 amide bonds. The number of hydrogen-bond donors (Lipinski definition) is 0. The lowest BCUT2D eigenvalue weighted by Gasteiger charge is -2.10. The van der Waals surface area contributed by atoms with Crippen LogP contribution in [0.5, 0.6) is 0 Å². The van der Waals surface area contributed by atoms with Gasteiger partial charge >= 0.3 is 0 Å². The van der Waals surface area contributed by atoms with Crippen LogP contribution in [-0.4, -0.2) is 9.55 Å². The first-order valence-corrected chi connectivity index (χ1v) is 10.7. The molecule has 0 aliphatic carbocycles. The van der Waals surface area contributed by atoms with Crippen molar-refractivity contribution in [2.75, 3.05) is 0 Å². The Bertz CT molecular complexity index is 1770. The van der Waals surface area contributed by atoms with Crippen LogP contribution in [0.15, 0.2) is 114 Å². The van der Waals surface area contributed by atoms with Crippen LogP contribution in [0.1, 0.15) is 0 Å². The Labute approximate surface area is 184 Å². The molecule has 0 spiro atoms. The van der Waals surface area contributed by atoms with Gasteiger partial charge in [0.2, 0.25) is 0 Å². The van der Waals surface area contributed by atoms with E-state index in [0.717, 1.165) is 44.4 Å². The predicted octanol–water partition coefficient (Wildman–Crippen LogP) is 7.75. The molecule has 0 saturated heterocycles. The van der Waals surface area contributed by atoms with Gasteiger partial charge in [0.1, 0.15) is 11.2 Å². The Morgan fingerprint density at radius 3 is 2.31 bits per heavy atom. The van der Waals surface area contributed by atoms with E-state index < -0.39 is 0 Å². The summed E-state index contributed by atoms with van der Waals surface area (Å²) in [6, 6.07) is 35.9. The fourth-order valence-corrected chi connectivity index (χ4v) is 4.80. The maximum absolute atomic E-state index is 6.22. The summed E-state index contributed by atoms with van der Waals surface area (Å²) in [5.74, 6) is 0. The second-order valence-electron chi connectivity index (χ2n) is 8.08. The predicted molar refractivity (Wildman–Crippen MR) is 131 cm³/mol. The van der Waals surface area contributed by atoms with Crippen molar-refractivity contribution >= 4 is 43.7 Å². The van der Waals surface area contributed by atoms with Crippen molar-refractivity contribution in [2.45, 2.75) is 0 Å². The number of furan rings is 1. The molecule has 7 aromatic rings. The molecule has 32 heavy (non-hydrogen) atoms. The van der Waals surface area contributed by atoms with E-state index in [-0.39, 0.29) is 0 Å². The lowest BCUT2D eigenvalue weighted by Crippen LogP contribution is -1.94. The number of aromatic nitrogens is 2. The van der Waals surface area contributed by atoms with E-state index in [1.807, 2.05) is 36.5 Å². The summed E-state index contributed by atoms with van der Waals surface area (Å²) in [5.41, 5.74) is 7.31. The maximum Gasteiger partial charge on any atom is 0.137 e. The smallest absolute Gasteiger partial charge is 0.137 e. The SMILES string of the molecule is c1ccc(-c2cccc(-n3c4ccccc4c4cc5c(cc43)oc3ccccc35)c2)nc1. The summed E-state index contributed by atoms with van der Waals surface area (Å²) in [6.07, 6.45) is 1.83. The summed E-state index contributed by atoms with van der Waals surface area (Å²) in [7, 11) is 0. The van der Waals surface area contributed by atoms with Crippen LogP contribution >= 0.6 is 0 Å². The first kappa shape index (κ1) is 17.3. The average Bonchev–Trinajstić information content (AvgIpc) is 3.38. The fourth-order valence-electron chi connectivity index (χ4n) is 4.80. The normalized spacial score (nSPS) is 11.8. The van der Waals surface area contributed by atoms with Crippen molar-refractivity contribution in [3.8, 4) is 16.9 Å². The van der Waals surface area contributed by atoms with Crippen molar-refractivity contribution in [3.63, 3.8) is 0 Å². The van der Waals surface area contributed by atoms with Gasteiger partial charge in [-0.2, -0.15) is 0 Å². The van der Waals surface area contributed by atoms with Gasteiger partial charge in [0.25, 0.3) is 0 Å².